The van der Waals surface area contributed by atoms with Gasteiger partial charge in [-0.1, -0.05) is 22.6 Å². The standard InChI is InChI=1S/C7H4F11IO/c8-3(6(14,15)16)20-7(17,18)4(9,10)2(1-19)5(11,12)13/h2-3H,1H2/t2-,3+/m0/s1. The third-order valence-corrected chi connectivity index (χ3v) is 2.76. The van der Waals surface area contributed by atoms with Crippen LogP contribution in [0.2, 0.25) is 0 Å². The predicted molar refractivity (Wildman–Crippen MR) is 50.4 cm³/mol. The van der Waals surface area contributed by atoms with Crippen LogP contribution in [0.3, 0.4) is 0 Å². The predicted octanol–water partition coefficient (Wildman–Crippen LogP) is 4.70. The molecule has 20 heavy (non-hydrogen) atoms. The fourth-order valence-electron chi connectivity index (χ4n) is 0.868. The van der Waals surface area contributed by atoms with Gasteiger partial charge in [0.05, 0.1) is 0 Å². The maximum Gasteiger partial charge on any atom is 0.445 e. The van der Waals surface area contributed by atoms with Crippen LogP contribution in [0.1, 0.15) is 0 Å². The number of rotatable bonds is 5. The van der Waals surface area contributed by atoms with Gasteiger partial charge in [0.25, 0.3) is 6.36 Å². The van der Waals surface area contributed by atoms with Gasteiger partial charge in [0.1, 0.15) is 5.92 Å². The molecule has 0 aromatic carbocycles. The zero-order valence-electron chi connectivity index (χ0n) is 8.81. The highest BCUT2D eigenvalue weighted by Gasteiger charge is 2.71. The molecule has 0 rings (SSSR count). The van der Waals surface area contributed by atoms with Gasteiger partial charge in [0.2, 0.25) is 0 Å². The summed E-state index contributed by atoms with van der Waals surface area (Å²) in [5.74, 6) is -10.1. The van der Waals surface area contributed by atoms with Crippen molar-refractivity contribution in [2.45, 2.75) is 30.7 Å². The summed E-state index contributed by atoms with van der Waals surface area (Å²) in [5.41, 5.74) is 0. The van der Waals surface area contributed by atoms with E-state index >= 15 is 0 Å². The fourth-order valence-corrected chi connectivity index (χ4v) is 1.92. The molecule has 0 heterocycles. The van der Waals surface area contributed by atoms with E-state index in [4.69, 9.17) is 0 Å². The summed E-state index contributed by atoms with van der Waals surface area (Å²) < 4.78 is 135. The molecule has 0 fully saturated rings. The Hall–Kier alpha value is -0.0800. The molecule has 0 saturated heterocycles. The quantitative estimate of drug-likeness (QED) is 0.342. The molecule has 0 radical (unpaired) electrons. The summed E-state index contributed by atoms with van der Waals surface area (Å²) in [6, 6.07) is 0. The molecule has 1 nitrogen and oxygen atoms in total. The summed E-state index contributed by atoms with van der Waals surface area (Å²) in [7, 11) is 0. The first-order chi connectivity index (χ1) is 8.57. The Kier molecular flexibility index (Phi) is 5.94. The summed E-state index contributed by atoms with van der Waals surface area (Å²) in [6.07, 6.45) is -23.1. The molecule has 0 bridgehead atoms. The van der Waals surface area contributed by atoms with E-state index < -0.39 is 41.1 Å². The van der Waals surface area contributed by atoms with Gasteiger partial charge in [0.15, 0.2) is 0 Å². The average Bonchev–Trinajstić information content (AvgIpc) is 2.12. The molecule has 0 aliphatic heterocycles. The second-order valence-electron chi connectivity index (χ2n) is 3.36. The lowest BCUT2D eigenvalue weighted by Crippen LogP contribution is -2.55. The largest absolute Gasteiger partial charge is 0.445 e. The molecular weight excluding hydrogens is 436 g/mol. The first-order valence-electron chi connectivity index (χ1n) is 4.34. The van der Waals surface area contributed by atoms with Crippen LogP contribution >= 0.6 is 22.6 Å². The Balaban J connectivity index is 5.35. The molecule has 0 aliphatic rings. The molecule has 0 spiro atoms. The van der Waals surface area contributed by atoms with Crippen LogP contribution in [0.25, 0.3) is 0 Å². The minimum absolute atomic E-state index is 0.685. The Morgan fingerprint density at radius 2 is 1.20 bits per heavy atom. The molecule has 2 atom stereocenters. The molecule has 0 N–H and O–H groups in total. The Morgan fingerprint density at radius 1 is 0.800 bits per heavy atom. The first-order valence-corrected chi connectivity index (χ1v) is 5.86. The Bertz CT molecular complexity index is 322. The minimum Gasteiger partial charge on any atom is -0.272 e. The molecule has 0 saturated carbocycles. The van der Waals surface area contributed by atoms with Crippen molar-refractivity contribution in [3.8, 4) is 0 Å². The highest BCUT2D eigenvalue weighted by molar-refractivity contribution is 14.1. The van der Waals surface area contributed by atoms with E-state index in [-0.39, 0.29) is 0 Å². The number of hydrogen-bond acceptors (Lipinski definition) is 1. The molecule has 0 unspecified atom stereocenters. The van der Waals surface area contributed by atoms with Crippen LogP contribution in [0.15, 0.2) is 0 Å². The van der Waals surface area contributed by atoms with Crippen molar-refractivity contribution in [3.63, 3.8) is 0 Å². The van der Waals surface area contributed by atoms with Gasteiger partial charge < -0.3 is 0 Å². The maximum absolute atomic E-state index is 13.0. The van der Waals surface area contributed by atoms with Crippen LogP contribution in [0.4, 0.5) is 48.3 Å². The van der Waals surface area contributed by atoms with E-state index in [1.807, 2.05) is 0 Å². The van der Waals surface area contributed by atoms with Crippen LogP contribution in [-0.2, 0) is 4.74 Å². The van der Waals surface area contributed by atoms with Gasteiger partial charge in [0, 0.05) is 4.43 Å². The molecule has 13 heteroatoms. The third kappa shape index (κ3) is 4.46. The number of halogens is 12. The van der Waals surface area contributed by atoms with Crippen LogP contribution in [0.5, 0.6) is 0 Å². The van der Waals surface area contributed by atoms with E-state index in [0.29, 0.717) is 22.6 Å². The topological polar surface area (TPSA) is 9.23 Å². The first kappa shape index (κ1) is 19.9. The number of alkyl halides is 12. The van der Waals surface area contributed by atoms with Crippen LogP contribution < -0.4 is 0 Å². The van der Waals surface area contributed by atoms with E-state index in [9.17, 15) is 48.3 Å². The Labute approximate surface area is 117 Å². The smallest absolute Gasteiger partial charge is 0.272 e. The van der Waals surface area contributed by atoms with E-state index in [0.717, 1.165) is 0 Å². The molecule has 0 amide bonds. The van der Waals surface area contributed by atoms with Crippen molar-refractivity contribution < 1.29 is 53.0 Å². The van der Waals surface area contributed by atoms with Gasteiger partial charge in [-0.2, -0.15) is 43.9 Å². The van der Waals surface area contributed by atoms with Gasteiger partial charge in [-0.25, -0.2) is 4.39 Å². The van der Waals surface area contributed by atoms with E-state index in [1.165, 1.54) is 0 Å². The summed E-state index contributed by atoms with van der Waals surface area (Å²) >= 11 is 0.685. The molecule has 0 aromatic rings. The van der Waals surface area contributed by atoms with Crippen molar-refractivity contribution in [3.05, 3.63) is 0 Å². The van der Waals surface area contributed by atoms with Crippen molar-refractivity contribution in [1.29, 1.82) is 0 Å². The lowest BCUT2D eigenvalue weighted by Gasteiger charge is -2.33. The number of ether oxygens (including phenoxy) is 1. The van der Waals surface area contributed by atoms with Gasteiger partial charge in [-0.05, 0) is 0 Å². The average molecular weight is 440 g/mol. The molecule has 0 aliphatic carbocycles. The van der Waals surface area contributed by atoms with E-state index in [2.05, 4.69) is 4.74 Å². The van der Waals surface area contributed by atoms with Crippen LogP contribution in [0, 0.1) is 5.92 Å². The van der Waals surface area contributed by atoms with E-state index in [1.54, 1.807) is 0 Å². The van der Waals surface area contributed by atoms with Gasteiger partial charge >= 0.3 is 24.4 Å². The van der Waals surface area contributed by atoms with Crippen molar-refractivity contribution in [2.75, 3.05) is 4.43 Å². The van der Waals surface area contributed by atoms with Gasteiger partial charge in [-0.15, -0.1) is 0 Å². The monoisotopic (exact) mass is 440 g/mol. The van der Waals surface area contributed by atoms with Crippen molar-refractivity contribution >= 4 is 22.6 Å². The summed E-state index contributed by atoms with van der Waals surface area (Å²) in [6.45, 7) is 0. The van der Waals surface area contributed by atoms with Crippen LogP contribution in [-0.4, -0.2) is 35.2 Å². The van der Waals surface area contributed by atoms with Crippen molar-refractivity contribution in [1.82, 2.24) is 0 Å². The second kappa shape index (κ2) is 5.96. The zero-order valence-corrected chi connectivity index (χ0v) is 11.0. The number of hydrogen-bond donors (Lipinski definition) is 0. The molecule has 122 valence electrons. The Morgan fingerprint density at radius 3 is 1.45 bits per heavy atom. The highest BCUT2D eigenvalue weighted by atomic mass is 127. The lowest BCUT2D eigenvalue weighted by molar-refractivity contribution is -0.430. The summed E-state index contributed by atoms with van der Waals surface area (Å²) in [5, 5.41) is 0. The minimum atomic E-state index is -6.30. The second-order valence-corrected chi connectivity index (χ2v) is 4.24. The van der Waals surface area contributed by atoms with Crippen molar-refractivity contribution in [2.24, 2.45) is 5.92 Å². The fraction of sp³-hybridized carbons (Fsp3) is 1.00. The zero-order chi connectivity index (χ0) is 16.6. The lowest BCUT2D eigenvalue weighted by atomic mass is 10.0. The third-order valence-electron chi connectivity index (χ3n) is 1.88. The van der Waals surface area contributed by atoms with Gasteiger partial charge in [-0.3, -0.25) is 4.74 Å². The molecule has 0 aromatic heterocycles. The highest BCUT2D eigenvalue weighted by Crippen LogP contribution is 2.49. The summed E-state index contributed by atoms with van der Waals surface area (Å²) in [4.78, 5) is 0. The normalized spacial score (nSPS) is 18.0. The SMILES string of the molecule is F[C@H](OC(F)(F)C(F)(F)[C@H](CI)C(F)(F)F)C(F)(F)F. The maximum atomic E-state index is 13.0. The molecular formula is C7H4F11IO.